The average Bonchev–Trinajstić information content (AvgIpc) is 2.52. The lowest BCUT2D eigenvalue weighted by Gasteiger charge is -2.23. The summed E-state index contributed by atoms with van der Waals surface area (Å²) in [6.07, 6.45) is 3.22. The maximum absolute atomic E-state index is 11.5. The van der Waals surface area contributed by atoms with E-state index >= 15 is 0 Å². The number of nitrogens with one attached hydrogen (secondary N) is 2. The van der Waals surface area contributed by atoms with Crippen LogP contribution in [0.4, 0.5) is 11.4 Å². The second kappa shape index (κ2) is 7.03. The molecule has 1 unspecified atom stereocenters. The lowest BCUT2D eigenvalue weighted by atomic mass is 10.1. The number of hydrogen-bond acceptors (Lipinski definition) is 5. The predicted molar refractivity (Wildman–Crippen MR) is 78.6 cm³/mol. The molecule has 21 heavy (non-hydrogen) atoms. The van der Waals surface area contributed by atoms with Gasteiger partial charge in [-0.1, -0.05) is 0 Å². The molecule has 0 aliphatic carbocycles. The van der Waals surface area contributed by atoms with Crippen LogP contribution in [0, 0.1) is 10.1 Å². The number of benzene rings is 1. The molecule has 1 atom stereocenters. The van der Waals surface area contributed by atoms with E-state index in [1.165, 1.54) is 13.1 Å². The highest BCUT2D eigenvalue weighted by atomic mass is 16.6. The van der Waals surface area contributed by atoms with E-state index in [4.69, 9.17) is 4.74 Å². The molecular weight excluding hydrogens is 274 g/mol. The van der Waals surface area contributed by atoms with E-state index in [2.05, 4.69) is 10.6 Å². The zero-order valence-electron chi connectivity index (χ0n) is 11.9. The van der Waals surface area contributed by atoms with Crippen LogP contribution in [0.1, 0.15) is 29.6 Å². The topological polar surface area (TPSA) is 93.5 Å². The number of ether oxygens (including phenoxy) is 1. The van der Waals surface area contributed by atoms with Crippen molar-refractivity contribution in [1.29, 1.82) is 0 Å². The first-order valence-corrected chi connectivity index (χ1v) is 6.98. The van der Waals surface area contributed by atoms with Crippen LogP contribution in [0.25, 0.3) is 0 Å². The van der Waals surface area contributed by atoms with E-state index in [9.17, 15) is 14.9 Å². The predicted octanol–water partition coefficient (Wildman–Crippen LogP) is 1.94. The highest BCUT2D eigenvalue weighted by molar-refractivity contribution is 5.95. The SMILES string of the molecule is CNC(=O)c1ccc(NCC2CCCCO2)c([N+](=O)[O-])c1. The summed E-state index contributed by atoms with van der Waals surface area (Å²) in [5.41, 5.74) is 0.567. The van der Waals surface area contributed by atoms with Gasteiger partial charge >= 0.3 is 0 Å². The Morgan fingerprint density at radius 1 is 1.48 bits per heavy atom. The van der Waals surface area contributed by atoms with Crippen LogP contribution < -0.4 is 10.6 Å². The average molecular weight is 293 g/mol. The van der Waals surface area contributed by atoms with Gasteiger partial charge in [0.1, 0.15) is 5.69 Å². The van der Waals surface area contributed by atoms with E-state index in [-0.39, 0.29) is 23.3 Å². The summed E-state index contributed by atoms with van der Waals surface area (Å²) >= 11 is 0. The molecule has 2 rings (SSSR count). The van der Waals surface area contributed by atoms with Gasteiger partial charge in [0.05, 0.1) is 11.0 Å². The molecule has 1 amide bonds. The number of nitro benzene ring substituents is 1. The van der Waals surface area contributed by atoms with E-state index in [1.807, 2.05) is 0 Å². The number of carbonyl (C=O) groups excluding carboxylic acids is 1. The molecule has 0 radical (unpaired) electrons. The molecule has 7 nitrogen and oxygen atoms in total. The van der Waals surface area contributed by atoms with Gasteiger partial charge in [-0.3, -0.25) is 14.9 Å². The number of rotatable bonds is 5. The Morgan fingerprint density at radius 3 is 2.90 bits per heavy atom. The molecule has 1 aromatic rings. The summed E-state index contributed by atoms with van der Waals surface area (Å²) < 4.78 is 5.58. The molecule has 0 bridgehead atoms. The van der Waals surface area contributed by atoms with Crippen molar-refractivity contribution in [3.8, 4) is 0 Å². The summed E-state index contributed by atoms with van der Waals surface area (Å²) in [6.45, 7) is 1.27. The van der Waals surface area contributed by atoms with Crippen molar-refractivity contribution in [2.75, 3.05) is 25.5 Å². The fourth-order valence-electron chi connectivity index (χ4n) is 2.31. The number of carbonyl (C=O) groups is 1. The van der Waals surface area contributed by atoms with Gasteiger partial charge in [-0.15, -0.1) is 0 Å². The van der Waals surface area contributed by atoms with Crippen LogP contribution in [0.2, 0.25) is 0 Å². The van der Waals surface area contributed by atoms with Gasteiger partial charge in [-0.2, -0.15) is 0 Å². The third-order valence-electron chi connectivity index (χ3n) is 3.48. The first-order valence-electron chi connectivity index (χ1n) is 6.98. The molecule has 1 aromatic carbocycles. The molecule has 1 aliphatic heterocycles. The number of amides is 1. The molecule has 1 heterocycles. The van der Waals surface area contributed by atoms with Crippen LogP contribution in [-0.4, -0.2) is 37.1 Å². The van der Waals surface area contributed by atoms with E-state index < -0.39 is 4.92 Å². The molecular formula is C14H19N3O4. The lowest BCUT2D eigenvalue weighted by Crippen LogP contribution is -2.27. The quantitative estimate of drug-likeness (QED) is 0.639. The molecule has 0 spiro atoms. The molecule has 114 valence electrons. The second-order valence-corrected chi connectivity index (χ2v) is 4.94. The second-order valence-electron chi connectivity index (χ2n) is 4.94. The third-order valence-corrected chi connectivity index (χ3v) is 3.48. The smallest absolute Gasteiger partial charge is 0.293 e. The fourth-order valence-corrected chi connectivity index (χ4v) is 2.31. The van der Waals surface area contributed by atoms with Crippen molar-refractivity contribution in [3.05, 3.63) is 33.9 Å². The Hall–Kier alpha value is -2.15. The van der Waals surface area contributed by atoms with Crippen molar-refractivity contribution < 1.29 is 14.5 Å². The van der Waals surface area contributed by atoms with Crippen molar-refractivity contribution in [3.63, 3.8) is 0 Å². The zero-order valence-corrected chi connectivity index (χ0v) is 11.9. The molecule has 1 saturated heterocycles. The Labute approximate surface area is 122 Å². The van der Waals surface area contributed by atoms with Crippen LogP contribution in [-0.2, 0) is 4.74 Å². The zero-order chi connectivity index (χ0) is 15.2. The van der Waals surface area contributed by atoms with Gasteiger partial charge in [0.25, 0.3) is 11.6 Å². The van der Waals surface area contributed by atoms with E-state index in [0.717, 1.165) is 25.9 Å². The first-order chi connectivity index (χ1) is 10.1. The summed E-state index contributed by atoms with van der Waals surface area (Å²) in [4.78, 5) is 22.2. The van der Waals surface area contributed by atoms with Gasteiger partial charge < -0.3 is 15.4 Å². The summed E-state index contributed by atoms with van der Waals surface area (Å²) in [6, 6.07) is 4.41. The molecule has 0 saturated carbocycles. The van der Waals surface area contributed by atoms with Crippen LogP contribution in [0.15, 0.2) is 18.2 Å². The Morgan fingerprint density at radius 2 is 2.29 bits per heavy atom. The van der Waals surface area contributed by atoms with Crippen LogP contribution >= 0.6 is 0 Å². The standard InChI is InChI=1S/C14H19N3O4/c1-15-14(18)10-5-6-12(13(8-10)17(19)20)16-9-11-4-2-3-7-21-11/h5-6,8,11,16H,2-4,7,9H2,1H3,(H,15,18). The largest absolute Gasteiger partial charge is 0.377 e. The molecule has 1 fully saturated rings. The summed E-state index contributed by atoms with van der Waals surface area (Å²) in [7, 11) is 1.49. The van der Waals surface area contributed by atoms with Gasteiger partial charge in [0.2, 0.25) is 0 Å². The van der Waals surface area contributed by atoms with Gasteiger partial charge in [-0.25, -0.2) is 0 Å². The number of nitro groups is 1. The van der Waals surface area contributed by atoms with Gasteiger partial charge in [0, 0.05) is 31.8 Å². The van der Waals surface area contributed by atoms with Crippen LogP contribution in [0.3, 0.4) is 0 Å². The van der Waals surface area contributed by atoms with Gasteiger partial charge in [-0.05, 0) is 31.4 Å². The minimum Gasteiger partial charge on any atom is -0.377 e. The molecule has 0 aromatic heterocycles. The Bertz CT molecular complexity index is 527. The highest BCUT2D eigenvalue weighted by Crippen LogP contribution is 2.26. The van der Waals surface area contributed by atoms with E-state index in [1.54, 1.807) is 12.1 Å². The van der Waals surface area contributed by atoms with Gasteiger partial charge in [0.15, 0.2) is 0 Å². The molecule has 1 aliphatic rings. The maximum Gasteiger partial charge on any atom is 0.293 e. The molecule has 7 heteroatoms. The third kappa shape index (κ3) is 3.91. The minimum atomic E-state index is -0.490. The number of nitrogens with zero attached hydrogens (tertiary/aromatic N) is 1. The molecule has 2 N–H and O–H groups in total. The van der Waals surface area contributed by atoms with Crippen molar-refractivity contribution >= 4 is 17.3 Å². The fraction of sp³-hybridized carbons (Fsp3) is 0.500. The summed E-state index contributed by atoms with van der Waals surface area (Å²) in [5, 5.41) is 16.6. The highest BCUT2D eigenvalue weighted by Gasteiger charge is 2.19. The van der Waals surface area contributed by atoms with E-state index in [0.29, 0.717) is 12.2 Å². The summed E-state index contributed by atoms with van der Waals surface area (Å²) in [5.74, 6) is -0.347. The van der Waals surface area contributed by atoms with Crippen LogP contribution in [0.5, 0.6) is 0 Å². The van der Waals surface area contributed by atoms with Crippen molar-refractivity contribution in [2.45, 2.75) is 25.4 Å². The maximum atomic E-state index is 11.5. The van der Waals surface area contributed by atoms with Crippen molar-refractivity contribution in [1.82, 2.24) is 5.32 Å². The Balaban J connectivity index is 2.10. The monoisotopic (exact) mass is 293 g/mol. The lowest BCUT2D eigenvalue weighted by molar-refractivity contribution is -0.384. The van der Waals surface area contributed by atoms with Crippen molar-refractivity contribution in [2.24, 2.45) is 0 Å². The minimum absolute atomic E-state index is 0.0805. The number of hydrogen-bond donors (Lipinski definition) is 2. The first kappa shape index (κ1) is 15.2. The normalized spacial score (nSPS) is 18.0. The Kier molecular flexibility index (Phi) is 5.10. The number of anilines is 1.